The highest BCUT2D eigenvalue weighted by Crippen LogP contribution is 2.28. The summed E-state index contributed by atoms with van der Waals surface area (Å²) in [6.07, 6.45) is 3.45. The van der Waals surface area contributed by atoms with Crippen LogP contribution in [0.1, 0.15) is 32.1 Å². The lowest BCUT2D eigenvalue weighted by molar-refractivity contribution is -0.138. The van der Waals surface area contributed by atoms with E-state index in [2.05, 4.69) is 10.2 Å². The molecule has 2 N–H and O–H groups in total. The van der Waals surface area contributed by atoms with E-state index in [1.54, 1.807) is 0 Å². The average Bonchev–Trinajstić information content (AvgIpc) is 2.47. The molecular formula is C15H20N2O3. The molecule has 1 aromatic carbocycles. The van der Waals surface area contributed by atoms with E-state index >= 15 is 0 Å². The third kappa shape index (κ3) is 3.98. The molecule has 0 unspecified atom stereocenters. The van der Waals surface area contributed by atoms with E-state index < -0.39 is 5.97 Å². The van der Waals surface area contributed by atoms with Gasteiger partial charge in [-0.1, -0.05) is 12.1 Å². The number of carboxylic acid groups (broad SMARTS) is 1. The maximum absolute atomic E-state index is 11.8. The quantitative estimate of drug-likeness (QED) is 0.867. The number of hydrogen-bond acceptors (Lipinski definition) is 3. The fraction of sp³-hybridized carbons (Fsp3) is 0.467. The van der Waals surface area contributed by atoms with Crippen molar-refractivity contribution in [3.8, 4) is 0 Å². The molecule has 2 rings (SSSR count). The lowest BCUT2D eigenvalue weighted by atomic mass is 10.1. The van der Waals surface area contributed by atoms with Gasteiger partial charge in [0.05, 0.1) is 17.8 Å². The van der Waals surface area contributed by atoms with Crippen molar-refractivity contribution in [2.24, 2.45) is 0 Å². The van der Waals surface area contributed by atoms with Crippen molar-refractivity contribution in [1.29, 1.82) is 0 Å². The smallest absolute Gasteiger partial charge is 0.303 e. The van der Waals surface area contributed by atoms with Gasteiger partial charge >= 0.3 is 5.97 Å². The maximum atomic E-state index is 11.8. The highest BCUT2D eigenvalue weighted by atomic mass is 16.4. The van der Waals surface area contributed by atoms with Gasteiger partial charge in [-0.3, -0.25) is 9.59 Å². The molecule has 0 aromatic heterocycles. The largest absolute Gasteiger partial charge is 0.481 e. The minimum Gasteiger partial charge on any atom is -0.481 e. The number of para-hydroxylation sites is 2. The van der Waals surface area contributed by atoms with Crippen LogP contribution in [0.4, 0.5) is 11.4 Å². The van der Waals surface area contributed by atoms with Gasteiger partial charge in [-0.2, -0.15) is 0 Å². The molecule has 1 aromatic rings. The third-order valence-electron chi connectivity index (χ3n) is 3.44. The standard InChI is InChI=1S/C15H20N2O3/c18-14(8-9-15(19)20)16-12-6-2-3-7-13(12)17-10-4-1-5-11-17/h2-3,6-7H,1,4-5,8-11H2,(H,16,18)(H,19,20). The number of benzene rings is 1. The SMILES string of the molecule is O=C(O)CCC(=O)Nc1ccccc1N1CCCCC1. The van der Waals surface area contributed by atoms with Gasteiger partial charge in [-0.25, -0.2) is 0 Å². The van der Waals surface area contributed by atoms with Crippen molar-refractivity contribution in [2.75, 3.05) is 23.3 Å². The Kier molecular flexibility index (Phi) is 4.98. The maximum Gasteiger partial charge on any atom is 0.303 e. The molecule has 0 atom stereocenters. The van der Waals surface area contributed by atoms with Crippen LogP contribution in [0.2, 0.25) is 0 Å². The van der Waals surface area contributed by atoms with Crippen LogP contribution in [0.5, 0.6) is 0 Å². The number of aliphatic carboxylic acids is 1. The van der Waals surface area contributed by atoms with Crippen LogP contribution in [-0.4, -0.2) is 30.1 Å². The summed E-state index contributed by atoms with van der Waals surface area (Å²) in [5.74, 6) is -1.21. The molecule has 108 valence electrons. The summed E-state index contributed by atoms with van der Waals surface area (Å²) in [4.78, 5) is 24.5. The first-order valence-corrected chi connectivity index (χ1v) is 7.02. The van der Waals surface area contributed by atoms with E-state index in [1.165, 1.54) is 19.3 Å². The summed E-state index contributed by atoms with van der Waals surface area (Å²) in [6.45, 7) is 2.00. The van der Waals surface area contributed by atoms with Gasteiger partial charge in [0, 0.05) is 19.5 Å². The first-order valence-electron chi connectivity index (χ1n) is 7.02. The number of rotatable bonds is 5. The average molecular weight is 276 g/mol. The Bertz CT molecular complexity index is 482. The van der Waals surface area contributed by atoms with E-state index in [-0.39, 0.29) is 18.7 Å². The number of amides is 1. The first kappa shape index (κ1) is 14.4. The van der Waals surface area contributed by atoms with Crippen molar-refractivity contribution in [3.05, 3.63) is 24.3 Å². The predicted molar refractivity (Wildman–Crippen MR) is 78.0 cm³/mol. The van der Waals surface area contributed by atoms with Gasteiger partial charge in [-0.15, -0.1) is 0 Å². The number of nitrogens with zero attached hydrogens (tertiary/aromatic N) is 1. The summed E-state index contributed by atoms with van der Waals surface area (Å²) >= 11 is 0. The summed E-state index contributed by atoms with van der Waals surface area (Å²) in [5.41, 5.74) is 1.79. The molecule has 0 aliphatic carbocycles. The van der Waals surface area contributed by atoms with Gasteiger partial charge in [0.2, 0.25) is 5.91 Å². The van der Waals surface area contributed by atoms with E-state index in [0.717, 1.165) is 24.5 Å². The number of anilines is 2. The Morgan fingerprint density at radius 3 is 2.50 bits per heavy atom. The molecule has 1 fully saturated rings. The Morgan fingerprint density at radius 2 is 1.80 bits per heavy atom. The first-order chi connectivity index (χ1) is 9.66. The second-order valence-corrected chi connectivity index (χ2v) is 5.01. The zero-order valence-corrected chi connectivity index (χ0v) is 11.5. The van der Waals surface area contributed by atoms with Crippen molar-refractivity contribution >= 4 is 23.3 Å². The second kappa shape index (κ2) is 6.93. The highest BCUT2D eigenvalue weighted by molar-refractivity contribution is 5.95. The Morgan fingerprint density at radius 1 is 1.10 bits per heavy atom. The number of carbonyl (C=O) groups excluding carboxylic acids is 1. The molecule has 0 bridgehead atoms. The van der Waals surface area contributed by atoms with Crippen LogP contribution in [0.3, 0.4) is 0 Å². The summed E-state index contributed by atoms with van der Waals surface area (Å²) in [5, 5.41) is 11.4. The van der Waals surface area contributed by atoms with Crippen LogP contribution >= 0.6 is 0 Å². The second-order valence-electron chi connectivity index (χ2n) is 5.01. The Hall–Kier alpha value is -2.04. The normalized spacial score (nSPS) is 14.9. The van der Waals surface area contributed by atoms with E-state index in [1.807, 2.05) is 24.3 Å². The van der Waals surface area contributed by atoms with Gasteiger partial charge in [0.1, 0.15) is 0 Å². The number of hydrogen-bond donors (Lipinski definition) is 2. The van der Waals surface area contributed by atoms with Crippen molar-refractivity contribution < 1.29 is 14.7 Å². The summed E-state index contributed by atoms with van der Waals surface area (Å²) in [6, 6.07) is 7.69. The zero-order valence-electron chi connectivity index (χ0n) is 11.5. The molecule has 5 heteroatoms. The molecule has 1 saturated heterocycles. The van der Waals surface area contributed by atoms with E-state index in [0.29, 0.717) is 0 Å². The summed E-state index contributed by atoms with van der Waals surface area (Å²) in [7, 11) is 0. The Labute approximate surface area is 118 Å². The molecule has 5 nitrogen and oxygen atoms in total. The van der Waals surface area contributed by atoms with E-state index in [4.69, 9.17) is 5.11 Å². The van der Waals surface area contributed by atoms with Crippen molar-refractivity contribution in [1.82, 2.24) is 0 Å². The highest BCUT2D eigenvalue weighted by Gasteiger charge is 2.15. The minimum absolute atomic E-state index is 0.00364. The number of piperidine rings is 1. The monoisotopic (exact) mass is 276 g/mol. The predicted octanol–water partition coefficient (Wildman–Crippen LogP) is 2.48. The zero-order chi connectivity index (χ0) is 14.4. The molecule has 0 radical (unpaired) electrons. The third-order valence-corrected chi connectivity index (χ3v) is 3.44. The summed E-state index contributed by atoms with van der Waals surface area (Å²) < 4.78 is 0. The van der Waals surface area contributed by atoms with Crippen LogP contribution in [0.15, 0.2) is 24.3 Å². The van der Waals surface area contributed by atoms with Crippen LogP contribution in [0.25, 0.3) is 0 Å². The molecule has 1 heterocycles. The minimum atomic E-state index is -0.954. The van der Waals surface area contributed by atoms with Crippen LogP contribution in [0, 0.1) is 0 Å². The number of carbonyl (C=O) groups is 2. The lowest BCUT2D eigenvalue weighted by Gasteiger charge is -2.30. The number of carboxylic acids is 1. The van der Waals surface area contributed by atoms with Crippen molar-refractivity contribution in [2.45, 2.75) is 32.1 Å². The lowest BCUT2D eigenvalue weighted by Crippen LogP contribution is -2.30. The van der Waals surface area contributed by atoms with Crippen molar-refractivity contribution in [3.63, 3.8) is 0 Å². The number of nitrogens with one attached hydrogen (secondary N) is 1. The van der Waals surface area contributed by atoms with Gasteiger partial charge in [0.15, 0.2) is 0 Å². The van der Waals surface area contributed by atoms with Gasteiger partial charge in [0.25, 0.3) is 0 Å². The van der Waals surface area contributed by atoms with Gasteiger partial charge in [-0.05, 0) is 31.4 Å². The molecule has 0 spiro atoms. The molecule has 0 saturated carbocycles. The molecule has 1 amide bonds. The van der Waals surface area contributed by atoms with Crippen LogP contribution in [-0.2, 0) is 9.59 Å². The van der Waals surface area contributed by atoms with Crippen LogP contribution < -0.4 is 10.2 Å². The molecular weight excluding hydrogens is 256 g/mol. The topological polar surface area (TPSA) is 69.6 Å². The fourth-order valence-electron chi connectivity index (χ4n) is 2.42. The Balaban J connectivity index is 2.03. The fourth-order valence-corrected chi connectivity index (χ4v) is 2.42. The molecule has 1 aliphatic rings. The molecule has 1 aliphatic heterocycles. The van der Waals surface area contributed by atoms with E-state index in [9.17, 15) is 9.59 Å². The molecule has 20 heavy (non-hydrogen) atoms. The van der Waals surface area contributed by atoms with Gasteiger partial charge < -0.3 is 15.3 Å².